The second-order valence-electron chi connectivity index (χ2n) is 4.33. The number of thiocarbonyl (C=S) groups is 1. The minimum absolute atomic E-state index is 0.0316. The van der Waals surface area contributed by atoms with E-state index in [1.807, 2.05) is 37.3 Å². The molecule has 0 aliphatic heterocycles. The van der Waals surface area contributed by atoms with E-state index in [2.05, 4.69) is 16.2 Å². The van der Waals surface area contributed by atoms with Crippen LogP contribution in [0.15, 0.2) is 30.3 Å². The number of hydrogen-bond donors (Lipinski definition) is 4. The second-order valence-corrected chi connectivity index (χ2v) is 4.74. The molecule has 0 radical (unpaired) electrons. The van der Waals surface area contributed by atoms with Crippen molar-refractivity contribution in [2.24, 2.45) is 0 Å². The van der Waals surface area contributed by atoms with Crippen LogP contribution >= 0.6 is 12.2 Å². The molecule has 1 aromatic carbocycles. The van der Waals surface area contributed by atoms with Crippen molar-refractivity contribution in [1.29, 1.82) is 0 Å². The van der Waals surface area contributed by atoms with Crippen LogP contribution in [-0.4, -0.2) is 22.2 Å². The zero-order chi connectivity index (χ0) is 14.3. The molecule has 0 heterocycles. The van der Waals surface area contributed by atoms with Crippen molar-refractivity contribution in [1.82, 2.24) is 16.2 Å². The first-order chi connectivity index (χ1) is 8.99. The SMILES string of the molecule is C[C@H](O)CC(=O)NNC(=S)N[C@@H](C)c1ccccc1. The van der Waals surface area contributed by atoms with Gasteiger partial charge in [0.2, 0.25) is 5.91 Å². The average molecular weight is 281 g/mol. The van der Waals surface area contributed by atoms with Crippen molar-refractivity contribution in [2.75, 3.05) is 0 Å². The predicted octanol–water partition coefficient (Wildman–Crippen LogP) is 1.01. The molecule has 19 heavy (non-hydrogen) atoms. The van der Waals surface area contributed by atoms with Gasteiger partial charge >= 0.3 is 0 Å². The Labute approximate surface area is 118 Å². The van der Waals surface area contributed by atoms with Crippen LogP contribution in [0.2, 0.25) is 0 Å². The molecule has 1 amide bonds. The molecule has 4 N–H and O–H groups in total. The lowest BCUT2D eigenvalue weighted by Crippen LogP contribution is -2.47. The molecule has 1 rings (SSSR count). The summed E-state index contributed by atoms with van der Waals surface area (Å²) in [7, 11) is 0. The van der Waals surface area contributed by atoms with Crippen molar-refractivity contribution >= 4 is 23.2 Å². The Kier molecular flexibility index (Phi) is 6.24. The van der Waals surface area contributed by atoms with E-state index in [1.165, 1.54) is 0 Å². The van der Waals surface area contributed by atoms with E-state index >= 15 is 0 Å². The first-order valence-electron chi connectivity index (χ1n) is 6.07. The Bertz CT molecular complexity index is 423. The lowest BCUT2D eigenvalue weighted by molar-refractivity contribution is -0.123. The molecule has 0 aliphatic carbocycles. The predicted molar refractivity (Wildman–Crippen MR) is 78.2 cm³/mol. The number of carbonyl (C=O) groups is 1. The number of aliphatic hydroxyl groups excluding tert-OH is 1. The van der Waals surface area contributed by atoms with E-state index < -0.39 is 6.10 Å². The topological polar surface area (TPSA) is 73.4 Å². The summed E-state index contributed by atoms with van der Waals surface area (Å²) in [5, 5.41) is 12.4. The first kappa shape index (κ1) is 15.4. The summed E-state index contributed by atoms with van der Waals surface area (Å²) in [6.07, 6.45) is -0.643. The van der Waals surface area contributed by atoms with E-state index in [4.69, 9.17) is 17.3 Å². The fraction of sp³-hybridized carbons (Fsp3) is 0.385. The quantitative estimate of drug-likeness (QED) is 0.490. The van der Waals surface area contributed by atoms with Crippen LogP contribution in [0.4, 0.5) is 0 Å². The van der Waals surface area contributed by atoms with E-state index in [9.17, 15) is 4.79 Å². The summed E-state index contributed by atoms with van der Waals surface area (Å²) < 4.78 is 0. The summed E-state index contributed by atoms with van der Waals surface area (Å²) >= 11 is 5.06. The van der Waals surface area contributed by atoms with Crippen LogP contribution in [0, 0.1) is 0 Å². The summed E-state index contributed by atoms with van der Waals surface area (Å²) in [6.45, 7) is 3.52. The molecule has 0 saturated heterocycles. The summed E-state index contributed by atoms with van der Waals surface area (Å²) in [4.78, 5) is 11.3. The molecule has 0 aromatic heterocycles. The van der Waals surface area contributed by atoms with E-state index in [0.29, 0.717) is 5.11 Å². The normalized spacial score (nSPS) is 13.2. The molecule has 0 fully saturated rings. The third-order valence-corrected chi connectivity index (χ3v) is 2.66. The van der Waals surface area contributed by atoms with E-state index in [-0.39, 0.29) is 18.4 Å². The van der Waals surface area contributed by atoms with Gasteiger partial charge in [-0.15, -0.1) is 0 Å². The number of hydrogen-bond acceptors (Lipinski definition) is 3. The van der Waals surface area contributed by atoms with Gasteiger partial charge in [-0.05, 0) is 31.6 Å². The van der Waals surface area contributed by atoms with Gasteiger partial charge in [-0.25, -0.2) is 0 Å². The zero-order valence-electron chi connectivity index (χ0n) is 11.0. The number of nitrogens with one attached hydrogen (secondary N) is 3. The van der Waals surface area contributed by atoms with Gasteiger partial charge < -0.3 is 10.4 Å². The highest BCUT2D eigenvalue weighted by Crippen LogP contribution is 2.10. The van der Waals surface area contributed by atoms with Crippen LogP contribution in [0.1, 0.15) is 31.9 Å². The largest absolute Gasteiger partial charge is 0.393 e. The maximum Gasteiger partial charge on any atom is 0.240 e. The van der Waals surface area contributed by atoms with Crippen LogP contribution < -0.4 is 16.2 Å². The highest BCUT2D eigenvalue weighted by molar-refractivity contribution is 7.80. The fourth-order valence-electron chi connectivity index (χ4n) is 1.50. The number of rotatable bonds is 4. The molecule has 0 spiro atoms. The molecule has 0 unspecified atom stereocenters. The van der Waals surface area contributed by atoms with Gasteiger partial charge in [0, 0.05) is 0 Å². The number of carbonyl (C=O) groups excluding carboxylic acids is 1. The van der Waals surface area contributed by atoms with Crippen LogP contribution in [0.25, 0.3) is 0 Å². The Balaban J connectivity index is 2.33. The van der Waals surface area contributed by atoms with Crippen LogP contribution in [0.5, 0.6) is 0 Å². The number of benzene rings is 1. The second kappa shape index (κ2) is 7.70. The van der Waals surface area contributed by atoms with Gasteiger partial charge in [0.05, 0.1) is 18.6 Å². The molecule has 0 saturated carbocycles. The number of aliphatic hydroxyl groups is 1. The molecule has 104 valence electrons. The Morgan fingerprint density at radius 3 is 2.47 bits per heavy atom. The molecular weight excluding hydrogens is 262 g/mol. The Morgan fingerprint density at radius 1 is 1.26 bits per heavy atom. The fourth-order valence-corrected chi connectivity index (χ4v) is 1.73. The lowest BCUT2D eigenvalue weighted by Gasteiger charge is -2.17. The van der Waals surface area contributed by atoms with Gasteiger partial charge in [0.1, 0.15) is 0 Å². The van der Waals surface area contributed by atoms with Crippen LogP contribution in [-0.2, 0) is 4.79 Å². The van der Waals surface area contributed by atoms with Crippen molar-refractivity contribution in [3.8, 4) is 0 Å². The lowest BCUT2D eigenvalue weighted by atomic mass is 10.1. The molecule has 2 atom stereocenters. The third kappa shape index (κ3) is 6.17. The van der Waals surface area contributed by atoms with E-state index in [1.54, 1.807) is 6.92 Å². The molecule has 6 heteroatoms. The minimum atomic E-state index is -0.674. The molecule has 0 aliphatic rings. The highest BCUT2D eigenvalue weighted by atomic mass is 32.1. The first-order valence-corrected chi connectivity index (χ1v) is 6.48. The number of hydrazine groups is 1. The van der Waals surface area contributed by atoms with Gasteiger partial charge in [0.25, 0.3) is 0 Å². The van der Waals surface area contributed by atoms with Gasteiger partial charge in [-0.3, -0.25) is 15.6 Å². The highest BCUT2D eigenvalue weighted by Gasteiger charge is 2.08. The number of amides is 1. The van der Waals surface area contributed by atoms with Crippen molar-refractivity contribution in [3.05, 3.63) is 35.9 Å². The van der Waals surface area contributed by atoms with Crippen molar-refractivity contribution in [3.63, 3.8) is 0 Å². The van der Waals surface area contributed by atoms with Crippen molar-refractivity contribution in [2.45, 2.75) is 32.4 Å². The third-order valence-electron chi connectivity index (χ3n) is 2.44. The summed E-state index contributed by atoms with van der Waals surface area (Å²) in [5.74, 6) is -0.313. The maximum absolute atomic E-state index is 11.3. The molecule has 0 bridgehead atoms. The van der Waals surface area contributed by atoms with Gasteiger partial charge in [-0.2, -0.15) is 0 Å². The van der Waals surface area contributed by atoms with Gasteiger partial charge in [0.15, 0.2) is 5.11 Å². The monoisotopic (exact) mass is 281 g/mol. The van der Waals surface area contributed by atoms with Gasteiger partial charge in [-0.1, -0.05) is 30.3 Å². The summed E-state index contributed by atoms with van der Waals surface area (Å²) in [5.41, 5.74) is 6.12. The minimum Gasteiger partial charge on any atom is -0.393 e. The maximum atomic E-state index is 11.3. The Morgan fingerprint density at radius 2 is 1.89 bits per heavy atom. The molecule has 1 aromatic rings. The van der Waals surface area contributed by atoms with Crippen LogP contribution in [0.3, 0.4) is 0 Å². The van der Waals surface area contributed by atoms with E-state index in [0.717, 1.165) is 5.56 Å². The van der Waals surface area contributed by atoms with Crippen molar-refractivity contribution < 1.29 is 9.90 Å². The Hall–Kier alpha value is -1.66. The zero-order valence-corrected chi connectivity index (χ0v) is 11.8. The smallest absolute Gasteiger partial charge is 0.240 e. The summed E-state index contributed by atoms with van der Waals surface area (Å²) in [6, 6.07) is 9.87. The average Bonchev–Trinajstić information content (AvgIpc) is 2.36. The standard InChI is InChI=1S/C13H19N3O2S/c1-9(17)8-12(18)15-16-13(19)14-10(2)11-6-4-3-5-7-11/h3-7,9-10,17H,8H2,1-2H3,(H,15,18)(H2,14,16,19)/t9-,10-/m0/s1. The molecule has 5 nitrogen and oxygen atoms in total. The molecular formula is C13H19N3O2S.